The molecule has 1 unspecified atom stereocenters. The largest absolute Gasteiger partial charge is 0.378 e. The molecule has 19 heavy (non-hydrogen) atoms. The third-order valence-corrected chi connectivity index (χ3v) is 3.72. The number of aryl methyl sites for hydroxylation is 1. The second kappa shape index (κ2) is 4.79. The van der Waals surface area contributed by atoms with Gasteiger partial charge in [0.2, 0.25) is 0 Å². The predicted molar refractivity (Wildman–Crippen MR) is 72.2 cm³/mol. The average molecular weight is 262 g/mol. The fourth-order valence-electron chi connectivity index (χ4n) is 2.40. The summed E-state index contributed by atoms with van der Waals surface area (Å²) in [5.41, 5.74) is 1.69. The predicted octanol–water partition coefficient (Wildman–Crippen LogP) is 1.19. The number of aromatic nitrogens is 3. The summed E-state index contributed by atoms with van der Waals surface area (Å²) in [5.74, 6) is 0.793. The van der Waals surface area contributed by atoms with E-state index in [9.17, 15) is 0 Å². The molecule has 1 aliphatic heterocycles. The third kappa shape index (κ3) is 2.17. The van der Waals surface area contributed by atoms with Gasteiger partial charge < -0.3 is 19.4 Å². The molecule has 1 N–H and O–H groups in total. The van der Waals surface area contributed by atoms with E-state index in [2.05, 4.69) is 15.3 Å². The van der Waals surface area contributed by atoms with E-state index in [0.29, 0.717) is 13.2 Å². The molecule has 0 saturated carbocycles. The quantitative estimate of drug-likeness (QED) is 0.896. The van der Waals surface area contributed by atoms with Gasteiger partial charge in [-0.25, -0.2) is 9.97 Å². The molecule has 0 spiro atoms. The van der Waals surface area contributed by atoms with Gasteiger partial charge in [0, 0.05) is 39.9 Å². The van der Waals surface area contributed by atoms with Crippen molar-refractivity contribution in [3.63, 3.8) is 0 Å². The van der Waals surface area contributed by atoms with Crippen molar-refractivity contribution in [2.75, 3.05) is 32.2 Å². The number of nitrogens with one attached hydrogen (secondary N) is 1. The molecule has 1 aliphatic rings. The molecular weight excluding hydrogens is 244 g/mol. The zero-order valence-corrected chi connectivity index (χ0v) is 11.2. The summed E-state index contributed by atoms with van der Waals surface area (Å²) in [6, 6.07) is 1.96. The molecule has 1 fully saturated rings. The minimum Gasteiger partial charge on any atom is -0.378 e. The number of pyridine rings is 1. The van der Waals surface area contributed by atoms with E-state index in [1.165, 1.54) is 0 Å². The second-order valence-corrected chi connectivity index (χ2v) is 4.93. The molecule has 3 heterocycles. The van der Waals surface area contributed by atoms with Crippen molar-refractivity contribution in [2.45, 2.75) is 12.0 Å². The van der Waals surface area contributed by atoms with Gasteiger partial charge in [-0.15, -0.1) is 0 Å². The molecule has 1 saturated heterocycles. The van der Waals surface area contributed by atoms with Crippen molar-refractivity contribution < 1.29 is 9.47 Å². The Labute approximate surface area is 111 Å². The Morgan fingerprint density at radius 3 is 3.16 bits per heavy atom. The highest BCUT2D eigenvalue weighted by Gasteiger charge is 2.34. The molecular formula is C13H18N4O2. The fourth-order valence-corrected chi connectivity index (χ4v) is 2.40. The maximum atomic E-state index is 5.60. The summed E-state index contributed by atoms with van der Waals surface area (Å²) in [4.78, 5) is 8.74. The Balaban J connectivity index is 1.82. The smallest absolute Gasteiger partial charge is 0.154 e. The standard InChI is InChI=1S/C13H18N4O2/c1-17-9-16-11-10(17)3-5-14-12(11)15-7-13(18-2)4-6-19-8-13/h3,5,9H,4,6-8H2,1-2H3,(H,14,15). The first-order chi connectivity index (χ1) is 9.24. The summed E-state index contributed by atoms with van der Waals surface area (Å²) >= 11 is 0. The van der Waals surface area contributed by atoms with Crippen LogP contribution in [0.4, 0.5) is 5.82 Å². The van der Waals surface area contributed by atoms with Crippen LogP contribution in [-0.2, 0) is 16.5 Å². The third-order valence-electron chi connectivity index (χ3n) is 3.72. The molecule has 0 bridgehead atoms. The summed E-state index contributed by atoms with van der Waals surface area (Å²) in [6.45, 7) is 2.04. The number of nitrogens with zero attached hydrogens (tertiary/aromatic N) is 3. The van der Waals surface area contributed by atoms with E-state index < -0.39 is 0 Å². The maximum absolute atomic E-state index is 5.60. The molecule has 102 valence electrons. The van der Waals surface area contributed by atoms with Gasteiger partial charge >= 0.3 is 0 Å². The number of hydrogen-bond donors (Lipinski definition) is 1. The summed E-state index contributed by atoms with van der Waals surface area (Å²) < 4.78 is 13.0. The van der Waals surface area contributed by atoms with Crippen molar-refractivity contribution in [1.82, 2.24) is 14.5 Å². The van der Waals surface area contributed by atoms with E-state index in [1.54, 1.807) is 19.6 Å². The number of rotatable bonds is 4. The molecule has 6 nitrogen and oxygen atoms in total. The summed E-state index contributed by atoms with van der Waals surface area (Å²) in [7, 11) is 3.70. The van der Waals surface area contributed by atoms with Gasteiger partial charge in [0.05, 0.1) is 18.5 Å². The molecule has 6 heteroatoms. The first-order valence-corrected chi connectivity index (χ1v) is 6.37. The van der Waals surface area contributed by atoms with Crippen LogP contribution in [-0.4, -0.2) is 47.0 Å². The number of ether oxygens (including phenoxy) is 2. The highest BCUT2D eigenvalue weighted by molar-refractivity contribution is 5.85. The summed E-state index contributed by atoms with van der Waals surface area (Å²) in [5, 5.41) is 3.34. The monoisotopic (exact) mass is 262 g/mol. The first-order valence-electron chi connectivity index (χ1n) is 6.37. The number of anilines is 1. The molecule has 0 amide bonds. The zero-order chi connectivity index (χ0) is 13.3. The van der Waals surface area contributed by atoms with Crippen LogP contribution in [0.2, 0.25) is 0 Å². The number of imidazole rings is 1. The lowest BCUT2D eigenvalue weighted by Gasteiger charge is -2.26. The molecule has 0 aromatic carbocycles. The minimum absolute atomic E-state index is 0.251. The van der Waals surface area contributed by atoms with Crippen molar-refractivity contribution in [2.24, 2.45) is 7.05 Å². The molecule has 2 aromatic rings. The lowest BCUT2D eigenvalue weighted by molar-refractivity contribution is -0.00623. The van der Waals surface area contributed by atoms with Crippen LogP contribution >= 0.6 is 0 Å². The van der Waals surface area contributed by atoms with Crippen LogP contribution in [0.5, 0.6) is 0 Å². The zero-order valence-electron chi connectivity index (χ0n) is 11.2. The number of methoxy groups -OCH3 is 1. The molecule has 1 atom stereocenters. The minimum atomic E-state index is -0.251. The average Bonchev–Trinajstić information content (AvgIpc) is 3.05. The van der Waals surface area contributed by atoms with Crippen LogP contribution < -0.4 is 5.32 Å². The fraction of sp³-hybridized carbons (Fsp3) is 0.538. The van der Waals surface area contributed by atoms with Gasteiger partial charge in [-0.1, -0.05) is 0 Å². The van der Waals surface area contributed by atoms with E-state index in [-0.39, 0.29) is 5.60 Å². The lowest BCUT2D eigenvalue weighted by Crippen LogP contribution is -2.39. The van der Waals surface area contributed by atoms with Crippen LogP contribution in [0.15, 0.2) is 18.6 Å². The Hall–Kier alpha value is -1.66. The Kier molecular flexibility index (Phi) is 3.12. The van der Waals surface area contributed by atoms with E-state index in [4.69, 9.17) is 9.47 Å². The number of hydrogen-bond acceptors (Lipinski definition) is 5. The van der Waals surface area contributed by atoms with E-state index in [1.807, 2.05) is 17.7 Å². The van der Waals surface area contributed by atoms with Gasteiger partial charge in [-0.05, 0) is 6.07 Å². The van der Waals surface area contributed by atoms with Crippen LogP contribution in [0.3, 0.4) is 0 Å². The van der Waals surface area contributed by atoms with E-state index in [0.717, 1.165) is 29.9 Å². The van der Waals surface area contributed by atoms with Crippen molar-refractivity contribution >= 4 is 16.9 Å². The molecule has 0 radical (unpaired) electrons. The highest BCUT2D eigenvalue weighted by Crippen LogP contribution is 2.24. The summed E-state index contributed by atoms with van der Waals surface area (Å²) in [6.07, 6.45) is 4.48. The number of fused-ring (bicyclic) bond motifs is 1. The molecule has 2 aromatic heterocycles. The SMILES string of the molecule is COC1(CNc2nccc3c2ncn3C)CCOC1. The maximum Gasteiger partial charge on any atom is 0.154 e. The van der Waals surface area contributed by atoms with Crippen LogP contribution in [0, 0.1) is 0 Å². The van der Waals surface area contributed by atoms with Gasteiger partial charge in [0.1, 0.15) is 11.1 Å². The lowest BCUT2D eigenvalue weighted by atomic mass is 10.0. The van der Waals surface area contributed by atoms with Crippen LogP contribution in [0.25, 0.3) is 11.0 Å². The molecule has 3 rings (SSSR count). The Bertz CT molecular complexity index is 575. The highest BCUT2D eigenvalue weighted by atomic mass is 16.5. The molecule has 0 aliphatic carbocycles. The van der Waals surface area contributed by atoms with Crippen molar-refractivity contribution in [1.29, 1.82) is 0 Å². The van der Waals surface area contributed by atoms with Gasteiger partial charge in [-0.3, -0.25) is 0 Å². The van der Waals surface area contributed by atoms with Gasteiger partial charge in [0.25, 0.3) is 0 Å². The second-order valence-electron chi connectivity index (χ2n) is 4.93. The topological polar surface area (TPSA) is 61.2 Å². The Morgan fingerprint density at radius 1 is 1.53 bits per heavy atom. The van der Waals surface area contributed by atoms with Gasteiger partial charge in [-0.2, -0.15) is 0 Å². The van der Waals surface area contributed by atoms with Crippen molar-refractivity contribution in [3.05, 3.63) is 18.6 Å². The van der Waals surface area contributed by atoms with E-state index >= 15 is 0 Å². The first kappa shape index (κ1) is 12.4. The van der Waals surface area contributed by atoms with Crippen LogP contribution in [0.1, 0.15) is 6.42 Å². The van der Waals surface area contributed by atoms with Crippen molar-refractivity contribution in [3.8, 4) is 0 Å². The Morgan fingerprint density at radius 2 is 2.42 bits per heavy atom. The van der Waals surface area contributed by atoms with Gasteiger partial charge in [0.15, 0.2) is 5.82 Å². The normalized spacial score (nSPS) is 23.1.